The van der Waals surface area contributed by atoms with Crippen LogP contribution in [-0.4, -0.2) is 134 Å². The van der Waals surface area contributed by atoms with Crippen molar-refractivity contribution in [1.29, 1.82) is 0 Å². The average Bonchev–Trinajstić information content (AvgIpc) is 2.95. The Balaban J connectivity index is 1.62. The van der Waals surface area contributed by atoms with Crippen LogP contribution in [0.25, 0.3) is 0 Å². The molecule has 28 heavy (non-hydrogen) atoms. The van der Waals surface area contributed by atoms with E-state index >= 15 is 0 Å². The van der Waals surface area contributed by atoms with Gasteiger partial charge in [-0.25, -0.2) is 0 Å². The van der Waals surface area contributed by atoms with Crippen LogP contribution in [0.3, 0.4) is 0 Å². The molecule has 0 aromatic rings. The molecule has 0 aromatic carbocycles. The second-order valence-corrected chi connectivity index (χ2v) is 6.95. The minimum absolute atomic E-state index is 0.297. The first-order chi connectivity index (χ1) is 13.2. The van der Waals surface area contributed by atoms with Crippen molar-refractivity contribution in [1.82, 2.24) is 0 Å². The molecule has 3 saturated heterocycles. The molecule has 3 rings (SSSR count). The van der Waals surface area contributed by atoms with Crippen LogP contribution in [0.4, 0.5) is 0 Å². The number of aliphatic hydroxyl groups excluding tert-OH is 8. The fourth-order valence-corrected chi connectivity index (χ4v) is 3.26. The van der Waals surface area contributed by atoms with Gasteiger partial charge >= 0.3 is 0 Å². The van der Waals surface area contributed by atoms with Gasteiger partial charge in [0.1, 0.15) is 54.9 Å². The first-order valence-electron chi connectivity index (χ1n) is 8.81. The largest absolute Gasteiger partial charge is 0.394 e. The average molecular weight is 414 g/mol. The van der Waals surface area contributed by atoms with Gasteiger partial charge in [-0.1, -0.05) is 0 Å². The lowest BCUT2D eigenvalue weighted by atomic mass is 10.0. The van der Waals surface area contributed by atoms with Crippen LogP contribution in [0.2, 0.25) is 0 Å². The van der Waals surface area contributed by atoms with Gasteiger partial charge in [-0.3, -0.25) is 0 Å². The van der Waals surface area contributed by atoms with E-state index in [2.05, 4.69) is 0 Å². The van der Waals surface area contributed by atoms with Crippen LogP contribution in [-0.2, 0) is 23.7 Å². The van der Waals surface area contributed by atoms with Gasteiger partial charge in [-0.05, 0) is 0 Å². The van der Waals surface area contributed by atoms with Crippen molar-refractivity contribution in [2.24, 2.45) is 0 Å². The Hall–Kier alpha value is -0.520. The molecular weight excluding hydrogens is 388 g/mol. The van der Waals surface area contributed by atoms with Crippen molar-refractivity contribution >= 4 is 0 Å². The molecule has 0 saturated carbocycles. The van der Waals surface area contributed by atoms with Crippen molar-refractivity contribution in [3.63, 3.8) is 0 Å². The molecule has 3 heterocycles. The molecule has 3 aliphatic rings. The smallest absolute Gasteiger partial charge is 0.187 e. The SMILES string of the molecule is OCC1OC(OC2C(O)COC(OC3COC(O)C(O)C3O)C2O)C(O)C1O. The fraction of sp³-hybridized carbons (Fsp3) is 1.00. The monoisotopic (exact) mass is 414 g/mol. The third kappa shape index (κ3) is 4.32. The minimum Gasteiger partial charge on any atom is -0.394 e. The van der Waals surface area contributed by atoms with Gasteiger partial charge in [0.05, 0.1) is 19.8 Å². The van der Waals surface area contributed by atoms with E-state index in [-0.39, 0.29) is 13.2 Å². The summed E-state index contributed by atoms with van der Waals surface area (Å²) in [7, 11) is 0. The molecule has 164 valence electrons. The Morgan fingerprint density at radius 2 is 1.43 bits per heavy atom. The zero-order valence-electron chi connectivity index (χ0n) is 14.7. The molecule has 0 spiro atoms. The molecule has 0 radical (unpaired) electrons. The Morgan fingerprint density at radius 1 is 0.714 bits per heavy atom. The van der Waals surface area contributed by atoms with Gasteiger partial charge < -0.3 is 64.5 Å². The summed E-state index contributed by atoms with van der Waals surface area (Å²) in [6.45, 7) is -1.21. The molecule has 0 aromatic heterocycles. The maximum atomic E-state index is 10.5. The van der Waals surface area contributed by atoms with E-state index in [1.165, 1.54) is 0 Å². The Kier molecular flexibility index (Phi) is 7.20. The van der Waals surface area contributed by atoms with Crippen molar-refractivity contribution < 1.29 is 64.5 Å². The molecule has 8 N–H and O–H groups in total. The van der Waals surface area contributed by atoms with Gasteiger partial charge in [0.25, 0.3) is 0 Å². The van der Waals surface area contributed by atoms with Crippen molar-refractivity contribution in [3.8, 4) is 0 Å². The zero-order chi connectivity index (χ0) is 20.6. The highest BCUT2D eigenvalue weighted by Crippen LogP contribution is 2.29. The molecule has 0 bridgehead atoms. The van der Waals surface area contributed by atoms with Gasteiger partial charge in [-0.2, -0.15) is 0 Å². The molecule has 3 fully saturated rings. The molecular formula is C15H26O13. The molecule has 0 amide bonds. The van der Waals surface area contributed by atoms with E-state index in [4.69, 9.17) is 28.8 Å². The summed E-state index contributed by atoms with van der Waals surface area (Å²) in [5, 5.41) is 78.3. The maximum Gasteiger partial charge on any atom is 0.187 e. The van der Waals surface area contributed by atoms with Crippen LogP contribution < -0.4 is 0 Å². The van der Waals surface area contributed by atoms with Gasteiger partial charge in [0, 0.05) is 0 Å². The summed E-state index contributed by atoms with van der Waals surface area (Å²) in [5.41, 5.74) is 0. The molecule has 12 atom stereocenters. The van der Waals surface area contributed by atoms with Crippen LogP contribution in [0.15, 0.2) is 0 Å². The number of rotatable bonds is 5. The highest BCUT2D eigenvalue weighted by Gasteiger charge is 2.49. The van der Waals surface area contributed by atoms with Crippen LogP contribution in [0.5, 0.6) is 0 Å². The van der Waals surface area contributed by atoms with Gasteiger partial charge in [0.15, 0.2) is 18.9 Å². The quantitative estimate of drug-likeness (QED) is 0.211. The molecule has 13 nitrogen and oxygen atoms in total. The lowest BCUT2D eigenvalue weighted by Crippen LogP contribution is -2.60. The van der Waals surface area contributed by atoms with Crippen molar-refractivity contribution in [2.75, 3.05) is 19.8 Å². The molecule has 3 aliphatic heterocycles. The van der Waals surface area contributed by atoms with E-state index in [1.54, 1.807) is 0 Å². The highest BCUT2D eigenvalue weighted by atomic mass is 16.7. The zero-order valence-corrected chi connectivity index (χ0v) is 14.7. The van der Waals surface area contributed by atoms with Crippen molar-refractivity contribution in [3.05, 3.63) is 0 Å². The third-order valence-electron chi connectivity index (χ3n) is 4.98. The summed E-state index contributed by atoms with van der Waals surface area (Å²) >= 11 is 0. The van der Waals surface area contributed by atoms with Gasteiger partial charge in [-0.15, -0.1) is 0 Å². The van der Waals surface area contributed by atoms with E-state index in [0.29, 0.717) is 0 Å². The summed E-state index contributed by atoms with van der Waals surface area (Å²) in [5.74, 6) is 0. The fourth-order valence-electron chi connectivity index (χ4n) is 3.26. The van der Waals surface area contributed by atoms with Crippen molar-refractivity contribution in [2.45, 2.75) is 73.8 Å². The summed E-state index contributed by atoms with van der Waals surface area (Å²) in [6.07, 6.45) is -17.1. The first-order valence-corrected chi connectivity index (χ1v) is 8.81. The van der Waals surface area contributed by atoms with E-state index in [1.807, 2.05) is 0 Å². The standard InChI is InChI=1S/C15H26O13/c16-1-5-7(18)10(21)15(26-5)28-12-4(17)2-25-14(11(12)22)27-6-3-24-13(23)9(20)8(6)19/h4-23H,1-3H2. The summed E-state index contributed by atoms with van der Waals surface area (Å²) in [4.78, 5) is 0. The first kappa shape index (κ1) is 22.2. The molecule has 12 unspecified atom stereocenters. The Bertz CT molecular complexity index is 508. The Morgan fingerprint density at radius 3 is 2.07 bits per heavy atom. The maximum absolute atomic E-state index is 10.5. The van der Waals surface area contributed by atoms with Crippen LogP contribution in [0.1, 0.15) is 0 Å². The lowest BCUT2D eigenvalue weighted by Gasteiger charge is -2.42. The van der Waals surface area contributed by atoms with Crippen LogP contribution in [0, 0.1) is 0 Å². The number of hydrogen-bond acceptors (Lipinski definition) is 13. The number of hydrogen-bond donors (Lipinski definition) is 8. The predicted octanol–water partition coefficient (Wildman–Crippen LogP) is -5.66. The van der Waals surface area contributed by atoms with E-state index < -0.39 is 80.4 Å². The van der Waals surface area contributed by atoms with E-state index in [9.17, 15) is 35.7 Å². The number of aliphatic hydroxyl groups is 8. The Labute approximate surface area is 159 Å². The topological polar surface area (TPSA) is 208 Å². The highest BCUT2D eigenvalue weighted by molar-refractivity contribution is 4.91. The third-order valence-corrected chi connectivity index (χ3v) is 4.98. The predicted molar refractivity (Wildman–Crippen MR) is 83.2 cm³/mol. The summed E-state index contributed by atoms with van der Waals surface area (Å²) < 4.78 is 26.0. The molecule has 0 aliphatic carbocycles. The lowest BCUT2D eigenvalue weighted by molar-refractivity contribution is -0.338. The second-order valence-electron chi connectivity index (χ2n) is 6.95. The van der Waals surface area contributed by atoms with Gasteiger partial charge in [0.2, 0.25) is 0 Å². The second kappa shape index (κ2) is 9.09. The number of ether oxygens (including phenoxy) is 5. The van der Waals surface area contributed by atoms with E-state index in [0.717, 1.165) is 0 Å². The molecule has 13 heteroatoms. The summed E-state index contributed by atoms with van der Waals surface area (Å²) in [6, 6.07) is 0. The van der Waals surface area contributed by atoms with Crippen LogP contribution >= 0.6 is 0 Å². The minimum atomic E-state index is -1.63. The normalized spacial score (nSPS) is 52.7.